The number of carboxylic acid groups (broad SMARTS) is 1. The quantitative estimate of drug-likeness (QED) is 0.383. The monoisotopic (exact) mass is 430 g/mol. The number of hydrogen-bond acceptors (Lipinski definition) is 4. The summed E-state index contributed by atoms with van der Waals surface area (Å²) in [5.74, 6) is -1.19. The topological polar surface area (TPSA) is 99.8 Å². The number of primary amides is 1. The van der Waals surface area contributed by atoms with Gasteiger partial charge in [-0.2, -0.15) is 0 Å². The van der Waals surface area contributed by atoms with Gasteiger partial charge in [0.2, 0.25) is 11.3 Å². The summed E-state index contributed by atoms with van der Waals surface area (Å²) in [6.07, 6.45) is 0. The van der Waals surface area contributed by atoms with E-state index in [9.17, 15) is 14.7 Å². The molecule has 4 rings (SSSR count). The summed E-state index contributed by atoms with van der Waals surface area (Å²) in [6.45, 7) is 0. The van der Waals surface area contributed by atoms with Gasteiger partial charge in [0.05, 0.1) is 11.6 Å². The zero-order valence-corrected chi connectivity index (χ0v) is 18.3. The molecule has 1 aliphatic carbocycles. The zero-order chi connectivity index (χ0) is 23.2. The maximum Gasteiger partial charge on any atom is 0.336 e. The van der Waals surface area contributed by atoms with E-state index >= 15 is 0 Å². The molecule has 2 aromatic carbocycles. The number of amides is 1. The van der Waals surface area contributed by atoms with Gasteiger partial charge in [0, 0.05) is 54.0 Å². The van der Waals surface area contributed by atoms with E-state index in [1.54, 1.807) is 12.1 Å². The highest BCUT2D eigenvalue weighted by Crippen LogP contribution is 2.42. The van der Waals surface area contributed by atoms with Gasteiger partial charge in [-0.3, -0.25) is 4.79 Å². The van der Waals surface area contributed by atoms with E-state index < -0.39 is 11.9 Å². The number of nitrogens with two attached hydrogens (primary N) is 1. The number of aromatic carboxylic acids is 1. The number of hydrogen-bond donors (Lipinski definition) is 2. The molecule has 2 aromatic rings. The average Bonchev–Trinajstić information content (AvgIpc) is 2.75. The van der Waals surface area contributed by atoms with E-state index in [1.807, 2.05) is 74.1 Å². The van der Waals surface area contributed by atoms with Crippen molar-refractivity contribution in [3.05, 3.63) is 71.1 Å². The Labute approximate surface area is 185 Å². The fourth-order valence-electron chi connectivity index (χ4n) is 3.81. The largest absolute Gasteiger partial charge is 0.478 e. The predicted molar refractivity (Wildman–Crippen MR) is 125 cm³/mol. The van der Waals surface area contributed by atoms with Crippen LogP contribution in [0.2, 0.25) is 0 Å². The minimum atomic E-state index is -1.14. The summed E-state index contributed by atoms with van der Waals surface area (Å²) >= 11 is 0. The Morgan fingerprint density at radius 3 is 2.31 bits per heavy atom. The van der Waals surface area contributed by atoms with Crippen molar-refractivity contribution in [3.8, 4) is 22.5 Å². The molecule has 0 spiro atoms. The number of rotatable bonds is 4. The number of benzene rings is 3. The highest BCUT2D eigenvalue weighted by atomic mass is 16.4. The van der Waals surface area contributed by atoms with Crippen molar-refractivity contribution in [2.24, 2.45) is 5.73 Å². The van der Waals surface area contributed by atoms with Gasteiger partial charge < -0.3 is 20.2 Å². The van der Waals surface area contributed by atoms with E-state index in [-0.39, 0.29) is 11.1 Å². The number of carbonyl (C=O) groups excluding carboxylic acids is 1. The lowest BCUT2D eigenvalue weighted by Crippen LogP contribution is -2.21. The van der Waals surface area contributed by atoms with Crippen LogP contribution in [0.1, 0.15) is 20.7 Å². The lowest BCUT2D eigenvalue weighted by molar-refractivity contribution is 0.0697. The molecule has 7 nitrogen and oxygen atoms in total. The number of fused-ring (bicyclic) bond motifs is 2. The normalized spacial score (nSPS) is 11.0. The third-order valence-corrected chi connectivity index (χ3v) is 5.53. The van der Waals surface area contributed by atoms with Crippen LogP contribution in [-0.4, -0.2) is 45.2 Å². The Morgan fingerprint density at radius 2 is 1.69 bits per heavy atom. The van der Waals surface area contributed by atoms with Crippen LogP contribution in [0.4, 0.5) is 5.69 Å². The van der Waals surface area contributed by atoms with Crippen molar-refractivity contribution in [2.45, 2.75) is 0 Å². The molecule has 7 heteroatoms. The summed E-state index contributed by atoms with van der Waals surface area (Å²) in [6, 6.07) is 16.1. The van der Waals surface area contributed by atoms with Crippen LogP contribution in [0.5, 0.6) is 0 Å². The van der Waals surface area contributed by atoms with E-state index in [0.29, 0.717) is 16.9 Å². The first-order chi connectivity index (χ1) is 15.2. The molecule has 162 valence electrons. The Balaban J connectivity index is 2.17. The Bertz CT molecular complexity index is 1430. The standard InChI is InChI=1S/C25H23N3O4/c1-27(2)15-6-9-18-21(12-15)32-22-13-16(28(3)4)7-10-19(22)23(18)17-8-5-14(24(26)29)11-20(17)25(30)31/h5-13H,1-4H3,(H2-,26,29,30,31)/p+1. The van der Waals surface area contributed by atoms with Crippen LogP contribution in [0, 0.1) is 0 Å². The van der Waals surface area contributed by atoms with Crippen molar-refractivity contribution >= 4 is 28.5 Å². The molecular weight excluding hydrogens is 406 g/mol. The molecule has 1 amide bonds. The second-order valence-electron chi connectivity index (χ2n) is 8.06. The number of anilines is 1. The van der Waals surface area contributed by atoms with Gasteiger partial charge in [0.25, 0.3) is 0 Å². The second kappa shape index (κ2) is 7.85. The molecule has 3 N–H and O–H groups in total. The van der Waals surface area contributed by atoms with Crippen LogP contribution in [-0.2, 0) is 0 Å². The van der Waals surface area contributed by atoms with Crippen molar-refractivity contribution in [1.29, 1.82) is 0 Å². The number of carbonyl (C=O) groups is 2. The van der Waals surface area contributed by atoms with Crippen LogP contribution < -0.4 is 20.6 Å². The summed E-state index contributed by atoms with van der Waals surface area (Å²) < 4.78 is 8.25. The molecule has 0 bridgehead atoms. The van der Waals surface area contributed by atoms with Gasteiger partial charge in [-0.05, 0) is 35.9 Å². The minimum Gasteiger partial charge on any atom is -0.478 e. The summed E-state index contributed by atoms with van der Waals surface area (Å²) in [4.78, 5) is 25.8. The van der Waals surface area contributed by atoms with E-state index in [0.717, 1.165) is 27.6 Å². The first-order valence-electron chi connectivity index (χ1n) is 10.0. The molecule has 0 fully saturated rings. The van der Waals surface area contributed by atoms with Crippen molar-refractivity contribution < 1.29 is 19.1 Å². The van der Waals surface area contributed by atoms with E-state index in [4.69, 9.17) is 10.2 Å². The maximum atomic E-state index is 12.1. The molecule has 0 saturated carbocycles. The van der Waals surface area contributed by atoms with Gasteiger partial charge in [-0.25, -0.2) is 9.37 Å². The summed E-state index contributed by atoms with van der Waals surface area (Å²) in [5, 5.41) is 11.7. The van der Waals surface area contributed by atoms with Gasteiger partial charge in [-0.15, -0.1) is 0 Å². The third-order valence-electron chi connectivity index (χ3n) is 5.53. The number of carboxylic acids is 1. The van der Waals surface area contributed by atoms with Crippen LogP contribution >= 0.6 is 0 Å². The van der Waals surface area contributed by atoms with E-state index in [1.165, 1.54) is 6.07 Å². The van der Waals surface area contributed by atoms with Gasteiger partial charge >= 0.3 is 5.97 Å². The fraction of sp³-hybridized carbons (Fsp3) is 0.160. The Hall–Kier alpha value is -4.13. The minimum absolute atomic E-state index is 0.00322. The first kappa shape index (κ1) is 21.1. The van der Waals surface area contributed by atoms with Crippen LogP contribution in [0.25, 0.3) is 33.4 Å². The van der Waals surface area contributed by atoms with Crippen LogP contribution in [0.15, 0.2) is 59.0 Å². The molecule has 0 saturated heterocycles. The molecule has 0 radical (unpaired) electrons. The first-order valence-corrected chi connectivity index (χ1v) is 10.0. The lowest BCUT2D eigenvalue weighted by atomic mass is 9.89. The highest BCUT2D eigenvalue weighted by molar-refractivity contribution is 6.09. The third kappa shape index (κ3) is 3.58. The molecule has 0 aromatic heterocycles. The Morgan fingerprint density at radius 1 is 0.969 bits per heavy atom. The highest BCUT2D eigenvalue weighted by Gasteiger charge is 2.23. The van der Waals surface area contributed by atoms with Crippen molar-refractivity contribution in [1.82, 2.24) is 4.58 Å². The van der Waals surface area contributed by atoms with Gasteiger partial charge in [-0.1, -0.05) is 6.07 Å². The van der Waals surface area contributed by atoms with Crippen molar-refractivity contribution in [2.75, 3.05) is 33.1 Å². The van der Waals surface area contributed by atoms with Gasteiger partial charge in [0.1, 0.15) is 25.4 Å². The lowest BCUT2D eigenvalue weighted by Gasteiger charge is -2.19. The zero-order valence-electron chi connectivity index (χ0n) is 18.3. The van der Waals surface area contributed by atoms with Crippen LogP contribution in [0.3, 0.4) is 0 Å². The molecule has 1 heterocycles. The molecule has 32 heavy (non-hydrogen) atoms. The predicted octanol–water partition coefficient (Wildman–Crippen LogP) is 3.10. The second-order valence-corrected chi connectivity index (χ2v) is 8.06. The van der Waals surface area contributed by atoms with Gasteiger partial charge in [0.15, 0.2) is 0 Å². The fourth-order valence-corrected chi connectivity index (χ4v) is 3.81. The SMILES string of the molecule is CN(C)c1ccc2c(-c3ccc(C(N)=O)cc3C(=O)O)c3ccc(=[N+](C)C)cc-3oc2c1. The summed E-state index contributed by atoms with van der Waals surface area (Å²) in [7, 11) is 7.77. The molecule has 0 unspecified atom stereocenters. The molecule has 0 atom stereocenters. The maximum absolute atomic E-state index is 12.1. The smallest absolute Gasteiger partial charge is 0.336 e. The molecular formula is C25H24N3O4+. The summed E-state index contributed by atoms with van der Waals surface area (Å²) in [5.41, 5.74) is 9.11. The Kier molecular flexibility index (Phi) is 5.18. The van der Waals surface area contributed by atoms with Crippen molar-refractivity contribution in [3.63, 3.8) is 0 Å². The molecule has 1 aliphatic heterocycles. The number of nitrogens with zero attached hydrogens (tertiary/aromatic N) is 2. The average molecular weight is 430 g/mol. The molecule has 2 aliphatic rings. The van der Waals surface area contributed by atoms with E-state index in [2.05, 4.69) is 0 Å².